The van der Waals surface area contributed by atoms with E-state index in [9.17, 15) is 0 Å². The van der Waals surface area contributed by atoms with Crippen molar-refractivity contribution in [2.75, 3.05) is 0 Å². The van der Waals surface area contributed by atoms with Crippen molar-refractivity contribution in [1.29, 1.82) is 0 Å². The lowest BCUT2D eigenvalue weighted by molar-refractivity contribution is -0.0130. The van der Waals surface area contributed by atoms with E-state index in [1.807, 2.05) is 30.3 Å². The number of rotatable bonds is 4. The van der Waals surface area contributed by atoms with Gasteiger partial charge in [-0.2, -0.15) is 0 Å². The summed E-state index contributed by atoms with van der Waals surface area (Å²) < 4.78 is 6.06. The maximum absolute atomic E-state index is 6.06. The summed E-state index contributed by atoms with van der Waals surface area (Å²) in [6.45, 7) is 11.0. The van der Waals surface area contributed by atoms with Crippen molar-refractivity contribution in [2.24, 2.45) is 5.41 Å². The second-order valence-corrected chi connectivity index (χ2v) is 5.16. The van der Waals surface area contributed by atoms with Gasteiger partial charge in [-0.25, -0.2) is 0 Å². The molecule has 0 radical (unpaired) electrons. The number of ether oxygens (including phenoxy) is 1. The van der Waals surface area contributed by atoms with Crippen molar-refractivity contribution < 1.29 is 4.74 Å². The summed E-state index contributed by atoms with van der Waals surface area (Å²) in [5, 5.41) is 0. The Bertz CT molecular complexity index is 298. The molecule has 0 spiro atoms. The molecular weight excluding hydrogens is 184 g/mol. The van der Waals surface area contributed by atoms with Crippen molar-refractivity contribution in [1.82, 2.24) is 0 Å². The summed E-state index contributed by atoms with van der Waals surface area (Å²) >= 11 is 0. The molecule has 0 bridgehead atoms. The van der Waals surface area contributed by atoms with Gasteiger partial charge in [-0.05, 0) is 32.4 Å². The van der Waals surface area contributed by atoms with E-state index in [1.54, 1.807) is 0 Å². The largest absolute Gasteiger partial charge is 0.487 e. The molecule has 0 unspecified atom stereocenters. The van der Waals surface area contributed by atoms with Crippen molar-refractivity contribution in [3.8, 4) is 5.75 Å². The molecule has 0 aliphatic carbocycles. The highest BCUT2D eigenvalue weighted by Crippen LogP contribution is 2.37. The molecule has 1 heteroatoms. The van der Waals surface area contributed by atoms with Gasteiger partial charge in [-0.1, -0.05) is 39.0 Å². The second-order valence-electron chi connectivity index (χ2n) is 5.16. The maximum atomic E-state index is 6.06. The molecule has 1 aromatic carbocycles. The third-order valence-electron chi connectivity index (χ3n) is 3.63. The Hall–Kier alpha value is -0.980. The Kier molecular flexibility index (Phi) is 3.43. The molecule has 0 saturated carbocycles. The first kappa shape index (κ1) is 12.1. The Morgan fingerprint density at radius 2 is 1.53 bits per heavy atom. The first-order chi connectivity index (χ1) is 6.89. The summed E-state index contributed by atoms with van der Waals surface area (Å²) in [5.41, 5.74) is 0.0198. The minimum absolute atomic E-state index is 0.150. The van der Waals surface area contributed by atoms with Crippen LogP contribution in [0, 0.1) is 5.41 Å². The number of hydrogen-bond acceptors (Lipinski definition) is 1. The fourth-order valence-electron chi connectivity index (χ4n) is 1.35. The molecule has 1 nitrogen and oxygen atoms in total. The molecule has 15 heavy (non-hydrogen) atoms. The van der Waals surface area contributed by atoms with E-state index < -0.39 is 0 Å². The SMILES string of the molecule is CCC(C)(C)C(C)(C)Oc1ccccc1. The van der Waals surface area contributed by atoms with Gasteiger partial charge in [0.15, 0.2) is 0 Å². The first-order valence-electron chi connectivity index (χ1n) is 5.63. The zero-order valence-corrected chi connectivity index (χ0v) is 10.5. The molecule has 0 aliphatic heterocycles. The number of hydrogen-bond donors (Lipinski definition) is 0. The van der Waals surface area contributed by atoms with E-state index in [0.29, 0.717) is 0 Å². The molecule has 84 valence electrons. The van der Waals surface area contributed by atoms with Crippen LogP contribution in [-0.2, 0) is 0 Å². The van der Waals surface area contributed by atoms with E-state index in [1.165, 1.54) is 0 Å². The quantitative estimate of drug-likeness (QED) is 0.714. The van der Waals surface area contributed by atoms with Crippen LogP contribution in [0.4, 0.5) is 0 Å². The topological polar surface area (TPSA) is 9.23 Å². The standard InChI is InChI=1S/C14H22O/c1-6-13(2,3)14(4,5)15-12-10-8-7-9-11-12/h7-11H,6H2,1-5H3. The smallest absolute Gasteiger partial charge is 0.120 e. The third-order valence-corrected chi connectivity index (χ3v) is 3.63. The molecule has 0 amide bonds. The van der Waals surface area contributed by atoms with Gasteiger partial charge >= 0.3 is 0 Å². The molecule has 0 aliphatic rings. The van der Waals surface area contributed by atoms with Crippen LogP contribution in [0.1, 0.15) is 41.0 Å². The summed E-state index contributed by atoms with van der Waals surface area (Å²) in [7, 11) is 0. The van der Waals surface area contributed by atoms with E-state index >= 15 is 0 Å². The Morgan fingerprint density at radius 1 is 1.00 bits per heavy atom. The van der Waals surface area contributed by atoms with Crippen LogP contribution in [0.15, 0.2) is 30.3 Å². The van der Waals surface area contributed by atoms with E-state index in [2.05, 4.69) is 34.6 Å². The fraction of sp³-hybridized carbons (Fsp3) is 0.571. The zero-order valence-electron chi connectivity index (χ0n) is 10.5. The van der Waals surface area contributed by atoms with Gasteiger partial charge < -0.3 is 4.74 Å². The highest BCUT2D eigenvalue weighted by molar-refractivity contribution is 5.22. The highest BCUT2D eigenvalue weighted by Gasteiger charge is 2.37. The van der Waals surface area contributed by atoms with Gasteiger partial charge in [0.25, 0.3) is 0 Å². The Balaban J connectivity index is 2.81. The third kappa shape index (κ3) is 2.74. The van der Waals surface area contributed by atoms with Crippen molar-refractivity contribution in [3.63, 3.8) is 0 Å². The normalized spacial score (nSPS) is 12.6. The average molecular weight is 206 g/mol. The van der Waals surface area contributed by atoms with Gasteiger partial charge in [0, 0.05) is 5.41 Å². The molecule has 0 atom stereocenters. The van der Waals surface area contributed by atoms with E-state index in [0.717, 1.165) is 12.2 Å². The first-order valence-corrected chi connectivity index (χ1v) is 5.63. The molecule has 0 fully saturated rings. The van der Waals surface area contributed by atoms with Gasteiger partial charge in [0.1, 0.15) is 11.4 Å². The van der Waals surface area contributed by atoms with Gasteiger partial charge in [0.05, 0.1) is 0 Å². The van der Waals surface area contributed by atoms with Crippen LogP contribution in [0.25, 0.3) is 0 Å². The molecule has 0 aromatic heterocycles. The highest BCUT2D eigenvalue weighted by atomic mass is 16.5. The predicted molar refractivity (Wildman–Crippen MR) is 65.2 cm³/mol. The summed E-state index contributed by atoms with van der Waals surface area (Å²) in [6.07, 6.45) is 1.10. The zero-order chi connectivity index (χ0) is 11.5. The van der Waals surface area contributed by atoms with Crippen LogP contribution < -0.4 is 4.74 Å². The van der Waals surface area contributed by atoms with Gasteiger partial charge in [-0.3, -0.25) is 0 Å². The monoisotopic (exact) mass is 206 g/mol. The average Bonchev–Trinajstić information content (AvgIpc) is 2.18. The van der Waals surface area contributed by atoms with Crippen LogP contribution in [0.2, 0.25) is 0 Å². The molecule has 1 aromatic rings. The number of para-hydroxylation sites is 1. The molecule has 0 heterocycles. The lowest BCUT2D eigenvalue weighted by atomic mass is 9.75. The minimum Gasteiger partial charge on any atom is -0.487 e. The Morgan fingerprint density at radius 3 is 2.00 bits per heavy atom. The predicted octanol–water partition coefficient (Wildman–Crippen LogP) is 4.28. The summed E-state index contributed by atoms with van der Waals surface area (Å²) in [6, 6.07) is 10.0. The summed E-state index contributed by atoms with van der Waals surface area (Å²) in [5.74, 6) is 0.948. The molecular formula is C14H22O. The minimum atomic E-state index is -0.150. The van der Waals surface area contributed by atoms with Crippen molar-refractivity contribution >= 4 is 0 Å². The van der Waals surface area contributed by atoms with Crippen molar-refractivity contribution in [2.45, 2.75) is 46.6 Å². The van der Waals surface area contributed by atoms with Crippen LogP contribution in [0.5, 0.6) is 5.75 Å². The van der Waals surface area contributed by atoms with E-state index in [4.69, 9.17) is 4.74 Å². The molecule has 1 rings (SSSR count). The lowest BCUT2D eigenvalue weighted by Crippen LogP contribution is -2.43. The van der Waals surface area contributed by atoms with Gasteiger partial charge in [0.2, 0.25) is 0 Å². The lowest BCUT2D eigenvalue weighted by Gasteiger charge is -2.41. The van der Waals surface area contributed by atoms with E-state index in [-0.39, 0.29) is 11.0 Å². The second kappa shape index (κ2) is 4.26. The maximum Gasteiger partial charge on any atom is 0.120 e. The van der Waals surface area contributed by atoms with Crippen LogP contribution in [-0.4, -0.2) is 5.60 Å². The van der Waals surface area contributed by atoms with Crippen molar-refractivity contribution in [3.05, 3.63) is 30.3 Å². The van der Waals surface area contributed by atoms with Crippen LogP contribution in [0.3, 0.4) is 0 Å². The van der Waals surface area contributed by atoms with Crippen LogP contribution >= 0.6 is 0 Å². The molecule has 0 N–H and O–H groups in total. The van der Waals surface area contributed by atoms with Gasteiger partial charge in [-0.15, -0.1) is 0 Å². The Labute approximate surface area is 93.5 Å². The fourth-order valence-corrected chi connectivity index (χ4v) is 1.35. The number of benzene rings is 1. The molecule has 0 saturated heterocycles. The summed E-state index contributed by atoms with van der Waals surface area (Å²) in [4.78, 5) is 0.